The number of carboxylic acids is 2. The molecule has 2 atom stereocenters. The van der Waals surface area contributed by atoms with Crippen molar-refractivity contribution in [3.63, 3.8) is 0 Å². The molecule has 7 nitrogen and oxygen atoms in total. The Morgan fingerprint density at radius 3 is 2.20 bits per heavy atom. The first-order chi connectivity index (χ1) is 9.34. The van der Waals surface area contributed by atoms with Crippen LogP contribution in [-0.2, 0) is 19.3 Å². The van der Waals surface area contributed by atoms with Gasteiger partial charge in [-0.25, -0.2) is 4.79 Å². The lowest BCUT2D eigenvalue weighted by Crippen LogP contribution is -2.30. The van der Waals surface area contributed by atoms with Gasteiger partial charge in [-0.3, -0.25) is 14.5 Å². The lowest BCUT2D eigenvalue weighted by atomic mass is 9.84. The highest BCUT2D eigenvalue weighted by atomic mass is 17.1. The fourth-order valence-electron chi connectivity index (χ4n) is 1.57. The van der Waals surface area contributed by atoms with Gasteiger partial charge in [-0.05, 0) is 19.3 Å². The molecule has 0 fully saturated rings. The average Bonchev–Trinajstić information content (AvgIpc) is 2.46. The van der Waals surface area contributed by atoms with E-state index in [1.54, 1.807) is 13.0 Å². The first-order valence-electron chi connectivity index (χ1n) is 6.00. The summed E-state index contributed by atoms with van der Waals surface area (Å²) in [5.41, 5.74) is 0.271. The fourth-order valence-corrected chi connectivity index (χ4v) is 1.57. The van der Waals surface area contributed by atoms with Crippen molar-refractivity contribution in [2.75, 3.05) is 0 Å². The molecule has 20 heavy (non-hydrogen) atoms. The van der Waals surface area contributed by atoms with E-state index < -0.39 is 29.7 Å². The topological polar surface area (TPSA) is 121 Å². The Morgan fingerprint density at radius 2 is 1.90 bits per heavy atom. The molecule has 0 aromatic carbocycles. The molecule has 0 aromatic heterocycles. The molecule has 112 valence electrons. The maximum absolute atomic E-state index is 10.6. The van der Waals surface area contributed by atoms with Gasteiger partial charge >= 0.3 is 17.9 Å². The molecule has 0 spiro atoms. The summed E-state index contributed by atoms with van der Waals surface area (Å²) in [7, 11) is 0. The maximum atomic E-state index is 10.6. The van der Waals surface area contributed by atoms with Crippen molar-refractivity contribution >= 4 is 17.9 Å². The van der Waals surface area contributed by atoms with Gasteiger partial charge in [0.2, 0.25) is 0 Å². The van der Waals surface area contributed by atoms with Gasteiger partial charge in [-0.15, -0.1) is 0 Å². The predicted octanol–water partition coefficient (Wildman–Crippen LogP) is 1.71. The first kappa shape index (κ1) is 17.8. The quantitative estimate of drug-likeness (QED) is 0.311. The van der Waals surface area contributed by atoms with Crippen LogP contribution in [0.4, 0.5) is 0 Å². The molecule has 7 heteroatoms. The minimum absolute atomic E-state index is 0.271. The fraction of sp³-hybridized carbons (Fsp3) is 0.462. The summed E-state index contributed by atoms with van der Waals surface area (Å²) in [5, 5.41) is 25.0. The van der Waals surface area contributed by atoms with Crippen molar-refractivity contribution in [1.29, 1.82) is 0 Å². The number of aliphatic carboxylic acids is 2. The minimum Gasteiger partial charge on any atom is -0.481 e. The normalized spacial score (nSPS) is 20.3. The smallest absolute Gasteiger partial charge is 0.368 e. The average molecular weight is 286 g/mol. The van der Waals surface area contributed by atoms with Crippen LogP contribution in [0.25, 0.3) is 0 Å². The van der Waals surface area contributed by atoms with Crippen molar-refractivity contribution in [3.8, 4) is 0 Å². The number of allylic oxidation sites excluding steroid dienone is 1. The van der Waals surface area contributed by atoms with Crippen LogP contribution >= 0.6 is 0 Å². The van der Waals surface area contributed by atoms with E-state index in [0.29, 0.717) is 19.3 Å². The summed E-state index contributed by atoms with van der Waals surface area (Å²) >= 11 is 0. The molecule has 1 rings (SSSR count). The van der Waals surface area contributed by atoms with Gasteiger partial charge in [0.1, 0.15) is 0 Å². The lowest BCUT2D eigenvalue weighted by Gasteiger charge is -2.19. The maximum Gasteiger partial charge on any atom is 0.368 e. The zero-order valence-electron chi connectivity index (χ0n) is 11.1. The van der Waals surface area contributed by atoms with Gasteiger partial charge < -0.3 is 10.2 Å². The Bertz CT molecular complexity index is 397. The van der Waals surface area contributed by atoms with Gasteiger partial charge in [0.25, 0.3) is 0 Å². The standard InChI is InChI=1S/C8H10O4.C5H8O3/c9-7(10)5-3-1-2-4-6(5)8(11)12;1-3-4(2)5(6)8-7/h1,3,5-6H,2,4H2,(H,9,10)(H,11,12);7H,2-3H2,1H3. The third-order valence-corrected chi connectivity index (χ3v) is 2.82. The highest BCUT2D eigenvalue weighted by molar-refractivity contribution is 5.86. The summed E-state index contributed by atoms with van der Waals surface area (Å²) in [4.78, 5) is 34.7. The second kappa shape index (κ2) is 8.87. The molecule has 1 aliphatic carbocycles. The minimum atomic E-state index is -1.06. The third kappa shape index (κ3) is 5.66. The van der Waals surface area contributed by atoms with Crippen molar-refractivity contribution in [3.05, 3.63) is 24.3 Å². The van der Waals surface area contributed by atoms with Crippen molar-refractivity contribution in [1.82, 2.24) is 0 Å². The SMILES string of the molecule is C=C(CC)C(=O)OO.O=C(O)C1C=CCCC1C(=O)O. The summed E-state index contributed by atoms with van der Waals surface area (Å²) in [6.45, 7) is 5.06. The molecule has 1 aliphatic rings. The Morgan fingerprint density at radius 1 is 1.30 bits per heavy atom. The Kier molecular flexibility index (Phi) is 7.91. The van der Waals surface area contributed by atoms with Crippen LogP contribution in [-0.4, -0.2) is 33.4 Å². The number of rotatable bonds is 4. The number of hydrogen-bond donors (Lipinski definition) is 3. The molecule has 0 aliphatic heterocycles. The summed E-state index contributed by atoms with van der Waals surface area (Å²) < 4.78 is 0. The van der Waals surface area contributed by atoms with Crippen molar-refractivity contribution in [2.45, 2.75) is 26.2 Å². The van der Waals surface area contributed by atoms with Gasteiger partial charge in [-0.1, -0.05) is 25.7 Å². The largest absolute Gasteiger partial charge is 0.481 e. The van der Waals surface area contributed by atoms with Crippen LogP contribution in [0, 0.1) is 11.8 Å². The molecule has 0 bridgehead atoms. The molecule has 0 heterocycles. The van der Waals surface area contributed by atoms with E-state index in [1.165, 1.54) is 6.08 Å². The summed E-state index contributed by atoms with van der Waals surface area (Å²) in [6.07, 6.45) is 4.76. The predicted molar refractivity (Wildman–Crippen MR) is 68.8 cm³/mol. The van der Waals surface area contributed by atoms with Gasteiger partial charge in [0, 0.05) is 5.57 Å². The monoisotopic (exact) mass is 286 g/mol. The van der Waals surface area contributed by atoms with Crippen LogP contribution in [0.15, 0.2) is 24.3 Å². The van der Waals surface area contributed by atoms with E-state index in [-0.39, 0.29) is 5.57 Å². The number of carbonyl (C=O) groups excluding carboxylic acids is 1. The Labute approximate surface area is 116 Å². The van der Waals surface area contributed by atoms with Crippen LogP contribution in [0.1, 0.15) is 26.2 Å². The molecule has 0 saturated carbocycles. The van der Waals surface area contributed by atoms with E-state index in [1.807, 2.05) is 0 Å². The van der Waals surface area contributed by atoms with Crippen molar-refractivity contribution in [2.24, 2.45) is 11.8 Å². The van der Waals surface area contributed by atoms with E-state index in [0.717, 1.165) is 0 Å². The van der Waals surface area contributed by atoms with Gasteiger partial charge in [0.05, 0.1) is 11.8 Å². The molecule has 2 unspecified atom stereocenters. The van der Waals surface area contributed by atoms with Crippen LogP contribution in [0.3, 0.4) is 0 Å². The molecular weight excluding hydrogens is 268 g/mol. The molecular formula is C13H18O7. The summed E-state index contributed by atoms with van der Waals surface area (Å²) in [6, 6.07) is 0. The Balaban J connectivity index is 0.000000396. The molecule has 0 saturated heterocycles. The van der Waals surface area contributed by atoms with Crippen molar-refractivity contribution < 1.29 is 34.7 Å². The Hall–Kier alpha value is -2.15. The van der Waals surface area contributed by atoms with E-state index >= 15 is 0 Å². The lowest BCUT2D eigenvalue weighted by molar-refractivity contribution is -0.229. The zero-order chi connectivity index (χ0) is 15.7. The second-order valence-electron chi connectivity index (χ2n) is 4.15. The molecule has 3 N–H and O–H groups in total. The van der Waals surface area contributed by atoms with Crippen LogP contribution in [0.2, 0.25) is 0 Å². The first-order valence-corrected chi connectivity index (χ1v) is 6.00. The van der Waals surface area contributed by atoms with Gasteiger partial charge in [0.15, 0.2) is 0 Å². The number of carbonyl (C=O) groups is 3. The van der Waals surface area contributed by atoms with Crippen LogP contribution in [0.5, 0.6) is 0 Å². The highest BCUT2D eigenvalue weighted by Gasteiger charge is 2.32. The van der Waals surface area contributed by atoms with E-state index in [9.17, 15) is 14.4 Å². The molecule has 0 amide bonds. The zero-order valence-corrected chi connectivity index (χ0v) is 11.1. The molecule has 0 aromatic rings. The van der Waals surface area contributed by atoms with Gasteiger partial charge in [-0.2, -0.15) is 5.26 Å². The number of hydrogen-bond acceptors (Lipinski definition) is 5. The number of carboxylic acid groups (broad SMARTS) is 2. The van der Waals surface area contributed by atoms with Crippen LogP contribution < -0.4 is 0 Å². The summed E-state index contributed by atoms with van der Waals surface area (Å²) in [5.74, 6) is -4.44. The highest BCUT2D eigenvalue weighted by Crippen LogP contribution is 2.24. The van der Waals surface area contributed by atoms with E-state index in [4.69, 9.17) is 15.5 Å². The molecule has 0 radical (unpaired) electrons. The third-order valence-electron chi connectivity index (χ3n) is 2.82. The van der Waals surface area contributed by atoms with E-state index in [2.05, 4.69) is 11.5 Å². The second-order valence-corrected chi connectivity index (χ2v) is 4.15.